The van der Waals surface area contributed by atoms with Gasteiger partial charge in [-0.15, -0.1) is 0 Å². The Labute approximate surface area is 356 Å². The van der Waals surface area contributed by atoms with Gasteiger partial charge in [0.05, 0.1) is 22.2 Å². The van der Waals surface area contributed by atoms with Crippen LogP contribution in [0.1, 0.15) is 82.3 Å². The molecule has 4 fully saturated rings. The Morgan fingerprint density at radius 1 is 0.967 bits per heavy atom. The van der Waals surface area contributed by atoms with Gasteiger partial charge in [-0.25, -0.2) is 4.68 Å². The van der Waals surface area contributed by atoms with E-state index in [2.05, 4.69) is 83.3 Å². The first-order valence-electron chi connectivity index (χ1n) is 21.1. The fraction of sp³-hybridized carbons (Fsp3) is 0.500. The highest BCUT2D eigenvalue weighted by molar-refractivity contribution is 6.31. The number of nitrogens with one attached hydrogen (secondary N) is 2. The van der Waals surface area contributed by atoms with E-state index in [0.717, 1.165) is 68.9 Å². The normalized spacial score (nSPS) is 25.6. The standard InChI is InChI=1S/C46H55ClN8O5/c1-28-26-52(20-21-54(28)34-11-13-36-32(22-34)25-49-55(42(36)59)38-14-15-39(56)50-41(38)58)27-29-16-18-53(19-17-29)33-9-6-30(7-10-33)40(57)51-43-45(2,3)44(46(43,4)5)60-35-12-8-31(24-48)37(47)23-35/h6-13,22-23,25,28-29,38-39,43-44,56H,14-21,26-27H2,1-5H3,(H,50,58)(H,51,57)/t28-,38?,39?,43-,44-/m1/s1. The van der Waals surface area contributed by atoms with Gasteiger partial charge in [0.2, 0.25) is 5.91 Å². The van der Waals surface area contributed by atoms with Crippen molar-refractivity contribution in [3.05, 3.63) is 93.4 Å². The molecule has 13 nitrogen and oxygen atoms in total. The zero-order valence-electron chi connectivity index (χ0n) is 35.0. The van der Waals surface area contributed by atoms with E-state index in [9.17, 15) is 24.8 Å². The Morgan fingerprint density at radius 3 is 2.35 bits per heavy atom. The zero-order valence-corrected chi connectivity index (χ0v) is 35.8. The molecule has 0 spiro atoms. The smallest absolute Gasteiger partial charge is 0.275 e. The maximum Gasteiger partial charge on any atom is 0.275 e. The Bertz CT molecular complexity index is 2350. The van der Waals surface area contributed by atoms with Crippen LogP contribution in [-0.4, -0.2) is 95.3 Å². The minimum atomic E-state index is -0.886. The fourth-order valence-electron chi connectivity index (χ4n) is 10.5. The number of carbonyl (C=O) groups is 2. The van der Waals surface area contributed by atoms with Crippen molar-refractivity contribution in [2.45, 2.75) is 90.8 Å². The summed E-state index contributed by atoms with van der Waals surface area (Å²) in [6.45, 7) is 16.5. The molecule has 1 aromatic heterocycles. The number of aliphatic hydroxyl groups excluding tert-OH is 1. The summed E-state index contributed by atoms with van der Waals surface area (Å²) in [5.74, 6) is 0.731. The van der Waals surface area contributed by atoms with Gasteiger partial charge in [0.25, 0.3) is 11.5 Å². The first kappa shape index (κ1) is 41.6. The van der Waals surface area contributed by atoms with Crippen LogP contribution < -0.4 is 30.7 Å². The maximum absolute atomic E-state index is 13.5. The number of anilines is 2. The topological polar surface area (TPSA) is 156 Å². The van der Waals surface area contributed by atoms with Gasteiger partial charge >= 0.3 is 0 Å². The van der Waals surface area contributed by atoms with Crippen LogP contribution >= 0.6 is 11.6 Å². The number of piperazine rings is 1. The van der Waals surface area contributed by atoms with Gasteiger partial charge in [0, 0.05) is 90.6 Å². The SMILES string of the molecule is C[C@@H]1CN(CC2CCN(c3ccc(C(=O)N[C@H]4C(C)(C)[C@H](Oc5ccc(C#N)c(Cl)c5)C4(C)C)cc3)CC2)CCN1c1ccc2c(=O)n(C3CCC(O)NC3=O)ncc2c1. The maximum atomic E-state index is 13.5. The number of hydrogen-bond acceptors (Lipinski definition) is 10. The van der Waals surface area contributed by atoms with Gasteiger partial charge < -0.3 is 30.3 Å². The lowest BCUT2D eigenvalue weighted by molar-refractivity contribution is -0.164. The molecule has 60 heavy (non-hydrogen) atoms. The molecule has 3 N–H and O–H groups in total. The van der Waals surface area contributed by atoms with E-state index in [-0.39, 0.29) is 40.3 Å². The van der Waals surface area contributed by atoms with E-state index in [1.165, 1.54) is 4.68 Å². The van der Waals surface area contributed by atoms with Crippen molar-refractivity contribution in [3.8, 4) is 11.8 Å². The second-order valence-electron chi connectivity index (χ2n) is 18.4. The van der Waals surface area contributed by atoms with Gasteiger partial charge in [0.15, 0.2) is 0 Å². The highest BCUT2D eigenvalue weighted by Crippen LogP contribution is 2.55. The molecule has 0 radical (unpaired) electrons. The summed E-state index contributed by atoms with van der Waals surface area (Å²) < 4.78 is 7.64. The van der Waals surface area contributed by atoms with Crippen LogP contribution in [0.15, 0.2) is 71.7 Å². The molecule has 1 aliphatic carbocycles. The molecule has 4 heterocycles. The van der Waals surface area contributed by atoms with Crippen molar-refractivity contribution >= 4 is 45.6 Å². The highest BCUT2D eigenvalue weighted by atomic mass is 35.5. The number of amides is 2. The number of halogens is 1. The predicted molar refractivity (Wildman–Crippen MR) is 232 cm³/mol. The third-order valence-corrected chi connectivity index (χ3v) is 13.8. The monoisotopic (exact) mass is 834 g/mol. The third kappa shape index (κ3) is 7.93. The number of hydrogen-bond donors (Lipinski definition) is 3. The molecule has 4 aromatic rings. The lowest BCUT2D eigenvalue weighted by Gasteiger charge is -2.63. The molecule has 2 amide bonds. The van der Waals surface area contributed by atoms with Gasteiger partial charge in [-0.1, -0.05) is 39.3 Å². The molecule has 1 saturated carbocycles. The van der Waals surface area contributed by atoms with E-state index in [4.69, 9.17) is 16.3 Å². The van der Waals surface area contributed by atoms with Crippen LogP contribution in [0, 0.1) is 28.1 Å². The first-order chi connectivity index (χ1) is 28.6. The average Bonchev–Trinajstić information content (AvgIpc) is 3.22. The number of carbonyl (C=O) groups excluding carboxylic acids is 2. The van der Waals surface area contributed by atoms with Crippen molar-refractivity contribution in [1.29, 1.82) is 5.26 Å². The summed E-state index contributed by atoms with van der Waals surface area (Å²) in [6.07, 6.45) is 3.56. The number of rotatable bonds is 9. The van der Waals surface area contributed by atoms with Crippen molar-refractivity contribution in [3.63, 3.8) is 0 Å². The number of benzene rings is 3. The van der Waals surface area contributed by atoms with Crippen LogP contribution in [0.4, 0.5) is 11.4 Å². The van der Waals surface area contributed by atoms with Crippen LogP contribution in [0.2, 0.25) is 5.02 Å². The number of nitrogens with zero attached hydrogens (tertiary/aromatic N) is 6. The van der Waals surface area contributed by atoms with E-state index >= 15 is 0 Å². The quantitative estimate of drug-likeness (QED) is 0.191. The number of nitriles is 1. The van der Waals surface area contributed by atoms with Crippen molar-refractivity contribution in [1.82, 2.24) is 25.3 Å². The lowest BCUT2D eigenvalue weighted by atomic mass is 9.49. The summed E-state index contributed by atoms with van der Waals surface area (Å²) in [7, 11) is 0. The predicted octanol–water partition coefficient (Wildman–Crippen LogP) is 5.73. The first-order valence-corrected chi connectivity index (χ1v) is 21.5. The molecule has 3 aliphatic heterocycles. The number of fused-ring (bicyclic) bond motifs is 1. The summed E-state index contributed by atoms with van der Waals surface area (Å²) >= 11 is 6.26. The Balaban J connectivity index is 0.805. The van der Waals surface area contributed by atoms with Crippen molar-refractivity contribution in [2.75, 3.05) is 49.1 Å². The summed E-state index contributed by atoms with van der Waals surface area (Å²) in [5, 5.41) is 30.8. The molecule has 0 bridgehead atoms. The number of aliphatic hydroxyl groups is 1. The molecular formula is C46H55ClN8O5. The molecule has 4 aliphatic rings. The minimum Gasteiger partial charge on any atom is -0.489 e. The second-order valence-corrected chi connectivity index (χ2v) is 18.8. The van der Waals surface area contributed by atoms with E-state index < -0.39 is 12.3 Å². The van der Waals surface area contributed by atoms with E-state index in [0.29, 0.717) is 52.1 Å². The molecule has 2 unspecified atom stereocenters. The van der Waals surface area contributed by atoms with E-state index in [1.807, 2.05) is 30.3 Å². The van der Waals surface area contributed by atoms with Crippen LogP contribution in [0.25, 0.3) is 10.8 Å². The summed E-state index contributed by atoms with van der Waals surface area (Å²) in [5.41, 5.74) is 2.25. The molecule has 3 atom stereocenters. The number of ether oxygens (including phenoxy) is 1. The second kappa shape index (κ2) is 16.4. The third-order valence-electron chi connectivity index (χ3n) is 13.5. The van der Waals surface area contributed by atoms with Crippen molar-refractivity contribution < 1.29 is 19.4 Å². The van der Waals surface area contributed by atoms with Gasteiger partial charge in [-0.05, 0) is 93.1 Å². The molecular weight excluding hydrogens is 780 g/mol. The van der Waals surface area contributed by atoms with Crippen LogP contribution in [0.5, 0.6) is 5.75 Å². The van der Waals surface area contributed by atoms with Gasteiger partial charge in [-0.2, -0.15) is 10.4 Å². The Kier molecular flexibility index (Phi) is 11.3. The summed E-state index contributed by atoms with van der Waals surface area (Å²) in [4.78, 5) is 46.7. The lowest BCUT2D eigenvalue weighted by Crippen LogP contribution is -2.74. The largest absolute Gasteiger partial charge is 0.489 e. The molecule has 3 saturated heterocycles. The number of aromatic nitrogens is 2. The molecule has 14 heteroatoms. The highest BCUT2D eigenvalue weighted by Gasteiger charge is 2.64. The van der Waals surface area contributed by atoms with Gasteiger partial charge in [-0.3, -0.25) is 19.3 Å². The molecule has 316 valence electrons. The minimum absolute atomic E-state index is 0.100. The van der Waals surface area contributed by atoms with Crippen molar-refractivity contribution in [2.24, 2.45) is 16.7 Å². The van der Waals surface area contributed by atoms with Crippen LogP contribution in [-0.2, 0) is 4.79 Å². The average molecular weight is 835 g/mol. The number of piperidine rings is 2. The van der Waals surface area contributed by atoms with Crippen LogP contribution in [0.3, 0.4) is 0 Å². The Morgan fingerprint density at radius 2 is 1.68 bits per heavy atom. The van der Waals surface area contributed by atoms with E-state index in [1.54, 1.807) is 24.4 Å². The summed E-state index contributed by atoms with van der Waals surface area (Å²) in [6, 6.07) is 20.5. The molecule has 3 aromatic carbocycles. The molecule has 8 rings (SSSR count). The fourth-order valence-corrected chi connectivity index (χ4v) is 10.7. The van der Waals surface area contributed by atoms with Gasteiger partial charge in [0.1, 0.15) is 30.2 Å². The Hall–Kier alpha value is -5.16. The zero-order chi connectivity index (χ0) is 42.5.